The highest BCUT2D eigenvalue weighted by atomic mass is 32.2. The van der Waals surface area contributed by atoms with E-state index in [0.717, 1.165) is 30.7 Å². The highest BCUT2D eigenvalue weighted by Crippen LogP contribution is 2.43. The number of carbonyl (C=O) groups is 2. The van der Waals surface area contributed by atoms with Gasteiger partial charge in [-0.05, 0) is 47.0 Å². The summed E-state index contributed by atoms with van der Waals surface area (Å²) in [5, 5.41) is 10.4. The molecule has 5 rings (SSSR count). The van der Waals surface area contributed by atoms with Crippen molar-refractivity contribution in [2.24, 2.45) is 0 Å². The van der Waals surface area contributed by atoms with Gasteiger partial charge in [-0.25, -0.2) is 0 Å². The Morgan fingerprint density at radius 1 is 0.788 bits per heavy atom. The molecule has 1 unspecified atom stereocenters. The molecule has 162 valence electrons. The summed E-state index contributed by atoms with van der Waals surface area (Å²) >= 11 is 3.08. The van der Waals surface area contributed by atoms with E-state index in [2.05, 4.69) is 0 Å². The topological polar surface area (TPSA) is 54.4 Å². The number of carboxylic acid groups (broad SMARTS) is 1. The van der Waals surface area contributed by atoms with Crippen LogP contribution in [0.3, 0.4) is 0 Å². The van der Waals surface area contributed by atoms with Crippen LogP contribution in [-0.2, 0) is 11.2 Å². The molecule has 4 aromatic rings. The first-order valence-electron chi connectivity index (χ1n) is 10.6. The molecule has 0 saturated heterocycles. The van der Waals surface area contributed by atoms with Crippen LogP contribution in [0.25, 0.3) is 0 Å². The minimum atomic E-state index is -0.927. The van der Waals surface area contributed by atoms with Crippen LogP contribution in [0.1, 0.15) is 33.0 Å². The average molecular weight is 469 g/mol. The van der Waals surface area contributed by atoms with E-state index in [1.165, 1.54) is 11.8 Å². The largest absolute Gasteiger partial charge is 0.481 e. The van der Waals surface area contributed by atoms with E-state index in [1.807, 2.05) is 97.1 Å². The van der Waals surface area contributed by atoms with Crippen LogP contribution in [0.2, 0.25) is 0 Å². The van der Waals surface area contributed by atoms with Crippen LogP contribution in [-0.4, -0.2) is 16.9 Å². The van der Waals surface area contributed by atoms with Crippen LogP contribution < -0.4 is 0 Å². The van der Waals surface area contributed by atoms with Crippen LogP contribution in [0.15, 0.2) is 117 Å². The standard InChI is InChI=1S/C28H20O3S2/c29-23-17-22-19(13-8-16-26(22)33-24-14-6-4-11-20(23)24)27(28(30)31)21-12-5-7-15-25(21)32-18-9-2-1-3-10-18/h1-16,27H,17H2,(H,30,31). The van der Waals surface area contributed by atoms with Crippen molar-refractivity contribution in [3.63, 3.8) is 0 Å². The lowest BCUT2D eigenvalue weighted by atomic mass is 9.86. The Labute approximate surface area is 200 Å². The number of ketones is 1. The number of rotatable bonds is 5. The minimum absolute atomic E-state index is 0.0142. The Morgan fingerprint density at radius 2 is 1.45 bits per heavy atom. The van der Waals surface area contributed by atoms with Crippen LogP contribution in [0.4, 0.5) is 0 Å². The van der Waals surface area contributed by atoms with Gasteiger partial charge in [0.1, 0.15) is 5.92 Å². The maximum Gasteiger partial charge on any atom is 0.315 e. The number of hydrogen-bond acceptors (Lipinski definition) is 4. The molecular weight excluding hydrogens is 448 g/mol. The fraction of sp³-hybridized carbons (Fsp3) is 0.0714. The van der Waals surface area contributed by atoms with E-state index in [0.29, 0.717) is 11.1 Å². The van der Waals surface area contributed by atoms with Gasteiger partial charge in [0, 0.05) is 31.6 Å². The highest BCUT2D eigenvalue weighted by molar-refractivity contribution is 7.99. The number of hydrogen-bond donors (Lipinski definition) is 1. The second kappa shape index (κ2) is 9.30. The number of carbonyl (C=O) groups excluding carboxylic acids is 1. The Morgan fingerprint density at radius 3 is 2.27 bits per heavy atom. The third kappa shape index (κ3) is 4.34. The zero-order valence-electron chi connectivity index (χ0n) is 17.6. The van der Waals surface area contributed by atoms with Crippen LogP contribution in [0, 0.1) is 0 Å². The number of benzene rings is 4. The average Bonchev–Trinajstić information content (AvgIpc) is 2.97. The smallest absolute Gasteiger partial charge is 0.315 e. The predicted octanol–water partition coefficient (Wildman–Crippen LogP) is 6.94. The minimum Gasteiger partial charge on any atom is -0.481 e. The molecule has 1 heterocycles. The zero-order chi connectivity index (χ0) is 22.8. The predicted molar refractivity (Wildman–Crippen MR) is 132 cm³/mol. The van der Waals surface area contributed by atoms with Crippen molar-refractivity contribution in [1.29, 1.82) is 0 Å². The normalized spacial score (nSPS) is 13.5. The summed E-state index contributed by atoms with van der Waals surface area (Å²) in [5.41, 5.74) is 2.90. The SMILES string of the molecule is O=C1Cc2c(cccc2C(C(=O)O)c2ccccc2Sc2ccccc2)Sc2ccccc21. The van der Waals surface area contributed by atoms with Crippen molar-refractivity contribution in [3.8, 4) is 0 Å². The summed E-state index contributed by atoms with van der Waals surface area (Å²) in [7, 11) is 0. The van der Waals surface area contributed by atoms with Crippen molar-refractivity contribution >= 4 is 35.3 Å². The van der Waals surface area contributed by atoms with Crippen molar-refractivity contribution in [2.75, 3.05) is 0 Å². The van der Waals surface area contributed by atoms with Crippen molar-refractivity contribution in [1.82, 2.24) is 0 Å². The molecule has 1 aliphatic rings. The molecule has 0 amide bonds. The number of aliphatic carboxylic acids is 1. The van der Waals surface area contributed by atoms with Crippen molar-refractivity contribution in [2.45, 2.75) is 31.9 Å². The summed E-state index contributed by atoms with van der Waals surface area (Å²) in [5.74, 6) is -1.79. The van der Waals surface area contributed by atoms with Gasteiger partial charge >= 0.3 is 5.97 Å². The van der Waals surface area contributed by atoms with Gasteiger partial charge in [-0.3, -0.25) is 9.59 Å². The fourth-order valence-corrected chi connectivity index (χ4v) is 6.29. The van der Waals surface area contributed by atoms with Gasteiger partial charge in [0.15, 0.2) is 5.78 Å². The quantitative estimate of drug-likeness (QED) is 0.344. The number of Topliss-reactive ketones (excluding diaryl/α,β-unsaturated/α-hetero) is 1. The van der Waals surface area contributed by atoms with Gasteiger partial charge in [-0.2, -0.15) is 0 Å². The third-order valence-corrected chi connectivity index (χ3v) is 7.95. The molecule has 1 atom stereocenters. The maximum absolute atomic E-state index is 13.1. The molecule has 0 aliphatic carbocycles. The Bertz CT molecular complexity index is 1350. The molecule has 1 N–H and O–H groups in total. The van der Waals surface area contributed by atoms with Gasteiger partial charge in [-0.15, -0.1) is 0 Å². The maximum atomic E-state index is 13.1. The summed E-state index contributed by atoms with van der Waals surface area (Å²) in [4.78, 5) is 29.5. The van der Waals surface area contributed by atoms with E-state index >= 15 is 0 Å². The monoisotopic (exact) mass is 468 g/mol. The fourth-order valence-electron chi connectivity index (χ4n) is 4.16. The second-order valence-corrected chi connectivity index (χ2v) is 9.95. The van der Waals surface area contributed by atoms with Crippen LogP contribution in [0.5, 0.6) is 0 Å². The lowest BCUT2D eigenvalue weighted by molar-refractivity contribution is -0.137. The molecule has 0 radical (unpaired) electrons. The summed E-state index contributed by atoms with van der Waals surface area (Å²) in [6, 6.07) is 30.9. The van der Waals surface area contributed by atoms with Gasteiger partial charge in [0.2, 0.25) is 0 Å². The number of carboxylic acids is 1. The molecule has 0 aromatic heterocycles. The van der Waals surface area contributed by atoms with E-state index in [4.69, 9.17) is 0 Å². The molecular formula is C28H20O3S2. The summed E-state index contributed by atoms with van der Waals surface area (Å²) < 4.78 is 0. The Hall–Kier alpha value is -3.28. The van der Waals surface area contributed by atoms with Gasteiger partial charge in [-0.1, -0.05) is 90.3 Å². The first-order chi connectivity index (χ1) is 16.1. The molecule has 4 aromatic carbocycles. The Balaban J connectivity index is 1.62. The van der Waals surface area contributed by atoms with Crippen molar-refractivity contribution < 1.29 is 14.7 Å². The molecule has 0 fully saturated rings. The molecule has 0 spiro atoms. The lowest BCUT2D eigenvalue weighted by Crippen LogP contribution is -2.17. The molecule has 5 heteroatoms. The Kier molecular flexibility index (Phi) is 6.07. The van der Waals surface area contributed by atoms with E-state index in [9.17, 15) is 14.7 Å². The molecule has 33 heavy (non-hydrogen) atoms. The summed E-state index contributed by atoms with van der Waals surface area (Å²) in [6.07, 6.45) is 0.188. The lowest BCUT2D eigenvalue weighted by Gasteiger charge is -2.21. The first kappa shape index (κ1) is 21.6. The zero-order valence-corrected chi connectivity index (χ0v) is 19.2. The van der Waals surface area contributed by atoms with Crippen molar-refractivity contribution in [3.05, 3.63) is 119 Å². The van der Waals surface area contributed by atoms with E-state index < -0.39 is 11.9 Å². The molecule has 0 saturated carbocycles. The summed E-state index contributed by atoms with van der Waals surface area (Å²) in [6.45, 7) is 0. The third-order valence-electron chi connectivity index (χ3n) is 5.67. The number of fused-ring (bicyclic) bond motifs is 2. The second-order valence-electron chi connectivity index (χ2n) is 7.75. The molecule has 1 aliphatic heterocycles. The van der Waals surface area contributed by atoms with Gasteiger partial charge < -0.3 is 5.11 Å². The molecule has 0 bridgehead atoms. The van der Waals surface area contributed by atoms with Gasteiger partial charge in [0.25, 0.3) is 0 Å². The highest BCUT2D eigenvalue weighted by Gasteiger charge is 2.31. The van der Waals surface area contributed by atoms with E-state index in [-0.39, 0.29) is 12.2 Å². The molecule has 3 nitrogen and oxygen atoms in total. The van der Waals surface area contributed by atoms with Crippen LogP contribution >= 0.6 is 23.5 Å². The first-order valence-corrected chi connectivity index (χ1v) is 12.2. The van der Waals surface area contributed by atoms with E-state index in [1.54, 1.807) is 11.8 Å². The van der Waals surface area contributed by atoms with Gasteiger partial charge in [0.05, 0.1) is 0 Å².